The summed E-state index contributed by atoms with van der Waals surface area (Å²) in [5, 5.41) is 1.40. The number of nitrogens with zero attached hydrogens (tertiary/aromatic N) is 4. The average molecular weight is 239 g/mol. The Hall–Kier alpha value is -2.09. The van der Waals surface area contributed by atoms with Crippen LogP contribution in [0.4, 0.5) is 5.82 Å². The van der Waals surface area contributed by atoms with Crippen LogP contribution in [0.15, 0.2) is 6.33 Å². The molecule has 0 saturated heterocycles. The number of hydrogen-bond donors (Lipinski definition) is 1. The number of hydrogen-bond acceptors (Lipinski definition) is 5. The summed E-state index contributed by atoms with van der Waals surface area (Å²) in [6.45, 7) is 0.0397. The van der Waals surface area contributed by atoms with Gasteiger partial charge in [-0.2, -0.15) is 0 Å². The van der Waals surface area contributed by atoms with Gasteiger partial charge in [0.05, 0.1) is 6.33 Å². The van der Waals surface area contributed by atoms with Crippen LogP contribution in [0.2, 0.25) is 0 Å². The number of nitrogens with two attached hydrogens (primary N) is 1. The van der Waals surface area contributed by atoms with Crippen molar-refractivity contribution in [2.75, 3.05) is 25.9 Å². The van der Waals surface area contributed by atoms with Crippen molar-refractivity contribution in [3.05, 3.63) is 12.0 Å². The zero-order valence-corrected chi connectivity index (χ0v) is 9.58. The van der Waals surface area contributed by atoms with Crippen LogP contribution in [0.25, 0.3) is 0 Å². The van der Waals surface area contributed by atoms with E-state index in [-0.39, 0.29) is 19.2 Å². The molecule has 0 bridgehead atoms. The van der Waals surface area contributed by atoms with E-state index in [2.05, 4.69) is 4.98 Å². The molecule has 0 aliphatic carbocycles. The minimum absolute atomic E-state index is 0.0875. The number of fused-ring (bicyclic) bond motifs is 1. The molecule has 0 aromatic carbocycles. The Morgan fingerprint density at radius 3 is 2.94 bits per heavy atom. The molecule has 1 aromatic rings. The molecule has 8 nitrogen and oxygen atoms in total. The lowest BCUT2D eigenvalue weighted by molar-refractivity contribution is -0.118. The molecule has 1 aromatic heterocycles. The molecule has 0 radical (unpaired) electrons. The topological polar surface area (TPSA) is 93.7 Å². The average Bonchev–Trinajstić information content (AvgIpc) is 2.62. The largest absolute Gasteiger partial charge is 0.368 e. The van der Waals surface area contributed by atoms with Crippen molar-refractivity contribution in [1.82, 2.24) is 14.5 Å². The summed E-state index contributed by atoms with van der Waals surface area (Å²) in [7, 11) is 3.25. The van der Waals surface area contributed by atoms with E-state index in [1.54, 1.807) is 14.1 Å². The molecular weight excluding hydrogens is 226 g/mol. The number of rotatable bonds is 2. The normalized spacial score (nSPS) is 15.8. The van der Waals surface area contributed by atoms with Crippen molar-refractivity contribution in [3.8, 4) is 0 Å². The molecule has 2 heterocycles. The summed E-state index contributed by atoms with van der Waals surface area (Å²) < 4.78 is 1.42. The maximum atomic E-state index is 12.1. The second-order valence-electron chi connectivity index (χ2n) is 3.77. The van der Waals surface area contributed by atoms with Gasteiger partial charge in [0, 0.05) is 14.1 Å². The molecule has 1 aliphatic heterocycles. The Kier molecular flexibility index (Phi) is 2.72. The monoisotopic (exact) mass is 239 g/mol. The maximum Gasteiger partial charge on any atom is 0.276 e. The number of anilines is 1. The maximum absolute atomic E-state index is 12.1. The third-order valence-corrected chi connectivity index (χ3v) is 2.44. The van der Waals surface area contributed by atoms with Gasteiger partial charge in [-0.15, -0.1) is 0 Å². The minimum atomic E-state index is -0.534. The van der Waals surface area contributed by atoms with Crippen LogP contribution in [-0.4, -0.2) is 47.1 Å². The van der Waals surface area contributed by atoms with Crippen molar-refractivity contribution in [2.45, 2.75) is 6.54 Å². The Morgan fingerprint density at radius 1 is 1.59 bits per heavy atom. The quantitative estimate of drug-likeness (QED) is 0.698. The molecule has 2 amide bonds. The summed E-state index contributed by atoms with van der Waals surface area (Å²) in [6.07, 6.45) is 1.40. The molecule has 17 heavy (non-hydrogen) atoms. The number of carbonyl (C=O) groups is 2. The molecule has 1 aliphatic rings. The lowest BCUT2D eigenvalue weighted by Crippen LogP contribution is -2.30. The molecule has 0 saturated carbocycles. The van der Waals surface area contributed by atoms with E-state index in [9.17, 15) is 9.59 Å². The third-order valence-electron chi connectivity index (χ3n) is 2.44. The van der Waals surface area contributed by atoms with E-state index in [0.29, 0.717) is 11.5 Å². The summed E-state index contributed by atoms with van der Waals surface area (Å²) >= 11 is 0. The van der Waals surface area contributed by atoms with Gasteiger partial charge in [-0.3, -0.25) is 14.4 Å². The first-order chi connectivity index (χ1) is 8.00. The van der Waals surface area contributed by atoms with Crippen molar-refractivity contribution in [1.29, 1.82) is 0 Å². The predicted molar refractivity (Wildman–Crippen MR) is 57.9 cm³/mol. The molecule has 0 atom stereocenters. The number of aromatic nitrogens is 2. The fraction of sp³-hybridized carbons (Fsp3) is 0.444. The first-order valence-corrected chi connectivity index (χ1v) is 4.96. The van der Waals surface area contributed by atoms with Crippen LogP contribution in [0, 0.1) is 0 Å². The third kappa shape index (κ3) is 1.94. The zero-order chi connectivity index (χ0) is 12.6. The van der Waals surface area contributed by atoms with E-state index < -0.39 is 5.91 Å². The Balaban J connectivity index is 2.47. The van der Waals surface area contributed by atoms with Crippen molar-refractivity contribution >= 4 is 17.6 Å². The second kappa shape index (κ2) is 4.06. The smallest absolute Gasteiger partial charge is 0.276 e. The number of carbonyl (C=O) groups excluding carboxylic acids is 2. The van der Waals surface area contributed by atoms with Crippen LogP contribution in [0.5, 0.6) is 0 Å². The molecule has 8 heteroatoms. The highest BCUT2D eigenvalue weighted by Gasteiger charge is 2.28. The summed E-state index contributed by atoms with van der Waals surface area (Å²) in [6, 6.07) is 0. The fourth-order valence-corrected chi connectivity index (χ4v) is 1.58. The lowest BCUT2D eigenvalue weighted by atomic mass is 10.3. The number of imidazole rings is 1. The van der Waals surface area contributed by atoms with Crippen molar-refractivity contribution < 1.29 is 14.4 Å². The second-order valence-corrected chi connectivity index (χ2v) is 3.77. The van der Waals surface area contributed by atoms with E-state index in [4.69, 9.17) is 10.6 Å². The van der Waals surface area contributed by atoms with Gasteiger partial charge in [0.1, 0.15) is 13.3 Å². The molecule has 92 valence electrons. The van der Waals surface area contributed by atoms with Crippen molar-refractivity contribution in [2.24, 2.45) is 5.73 Å². The SMILES string of the molecule is CN1CON(C)c2ncn(CC(N)=O)c2C1=O. The van der Waals surface area contributed by atoms with Crippen LogP contribution in [-0.2, 0) is 16.2 Å². The Labute approximate surface area is 97.5 Å². The molecule has 2 rings (SSSR count). The van der Waals surface area contributed by atoms with E-state index >= 15 is 0 Å². The number of amides is 2. The van der Waals surface area contributed by atoms with Crippen LogP contribution in [0.3, 0.4) is 0 Å². The predicted octanol–water partition coefficient (Wildman–Crippen LogP) is -1.22. The van der Waals surface area contributed by atoms with Gasteiger partial charge in [0.25, 0.3) is 5.91 Å². The summed E-state index contributed by atoms with van der Waals surface area (Å²) in [5.41, 5.74) is 5.41. The van der Waals surface area contributed by atoms with Gasteiger partial charge in [0.15, 0.2) is 11.5 Å². The van der Waals surface area contributed by atoms with Gasteiger partial charge in [-0.25, -0.2) is 10.0 Å². The van der Waals surface area contributed by atoms with Gasteiger partial charge in [-0.1, -0.05) is 0 Å². The highest BCUT2D eigenvalue weighted by Crippen LogP contribution is 2.22. The minimum Gasteiger partial charge on any atom is -0.368 e. The number of primary amides is 1. The Bertz CT molecular complexity index is 469. The van der Waals surface area contributed by atoms with Crippen LogP contribution in [0.1, 0.15) is 10.5 Å². The molecule has 0 fully saturated rings. The van der Waals surface area contributed by atoms with E-state index in [0.717, 1.165) is 0 Å². The standard InChI is InChI=1S/C9H13N5O3/c1-12-5-17-13(2)8-7(9(12)16)14(4-11-8)3-6(10)15/h4H,3,5H2,1-2H3,(H2,10,15). The van der Waals surface area contributed by atoms with Crippen molar-refractivity contribution in [3.63, 3.8) is 0 Å². The molecule has 2 N–H and O–H groups in total. The molecular formula is C9H13N5O3. The first-order valence-electron chi connectivity index (χ1n) is 4.96. The van der Waals surface area contributed by atoms with Crippen LogP contribution >= 0.6 is 0 Å². The molecule has 0 spiro atoms. The summed E-state index contributed by atoms with van der Waals surface area (Å²) in [5.74, 6) is -0.419. The highest BCUT2D eigenvalue weighted by molar-refractivity contribution is 5.97. The van der Waals surface area contributed by atoms with E-state index in [1.807, 2.05) is 0 Å². The highest BCUT2D eigenvalue weighted by atomic mass is 16.7. The van der Waals surface area contributed by atoms with Gasteiger partial charge >= 0.3 is 0 Å². The van der Waals surface area contributed by atoms with Crippen LogP contribution < -0.4 is 10.8 Å². The lowest BCUT2D eigenvalue weighted by Gasteiger charge is -2.15. The van der Waals surface area contributed by atoms with Gasteiger partial charge in [-0.05, 0) is 0 Å². The zero-order valence-electron chi connectivity index (χ0n) is 9.58. The van der Waals surface area contributed by atoms with E-state index in [1.165, 1.54) is 20.9 Å². The Morgan fingerprint density at radius 2 is 2.29 bits per heavy atom. The van der Waals surface area contributed by atoms with Gasteiger partial charge in [0.2, 0.25) is 5.91 Å². The molecule has 0 unspecified atom stereocenters. The summed E-state index contributed by atoms with van der Waals surface area (Å²) in [4.78, 5) is 33.7. The number of hydroxylamine groups is 1. The fourth-order valence-electron chi connectivity index (χ4n) is 1.58. The first kappa shape index (κ1) is 11.4. The van der Waals surface area contributed by atoms with Gasteiger partial charge < -0.3 is 15.2 Å².